The van der Waals surface area contributed by atoms with Gasteiger partial charge in [0.15, 0.2) is 0 Å². The van der Waals surface area contributed by atoms with Crippen LogP contribution in [0, 0.1) is 15.9 Å². The Hall–Kier alpha value is -2.27. The molecule has 0 aliphatic heterocycles. The van der Waals surface area contributed by atoms with Gasteiger partial charge in [0.2, 0.25) is 5.82 Å². The number of aryl methyl sites for hydroxylation is 1. The molecule has 2 aromatic rings. The molecular formula is C15H15FN2O2. The lowest BCUT2D eigenvalue weighted by Gasteiger charge is -2.12. The number of hydrogen-bond acceptors (Lipinski definition) is 3. The van der Waals surface area contributed by atoms with Crippen molar-refractivity contribution in [2.45, 2.75) is 18.9 Å². The van der Waals surface area contributed by atoms with E-state index >= 15 is 0 Å². The third-order valence-electron chi connectivity index (χ3n) is 3.21. The van der Waals surface area contributed by atoms with E-state index in [2.05, 4.69) is 0 Å². The highest BCUT2D eigenvalue weighted by Gasteiger charge is 2.17. The van der Waals surface area contributed by atoms with Crippen molar-refractivity contribution in [1.82, 2.24) is 0 Å². The highest BCUT2D eigenvalue weighted by Crippen LogP contribution is 2.23. The maximum absolute atomic E-state index is 13.9. The molecule has 0 saturated heterocycles. The van der Waals surface area contributed by atoms with Crippen molar-refractivity contribution in [3.8, 4) is 0 Å². The first-order chi connectivity index (χ1) is 9.59. The first kappa shape index (κ1) is 14.1. The molecule has 0 heterocycles. The van der Waals surface area contributed by atoms with Gasteiger partial charge in [0.25, 0.3) is 0 Å². The summed E-state index contributed by atoms with van der Waals surface area (Å²) in [5.41, 5.74) is 6.84. The van der Waals surface area contributed by atoms with E-state index in [-0.39, 0.29) is 6.04 Å². The fraction of sp³-hybridized carbons (Fsp3) is 0.200. The average molecular weight is 274 g/mol. The fourth-order valence-electron chi connectivity index (χ4n) is 2.08. The van der Waals surface area contributed by atoms with Gasteiger partial charge in [0.1, 0.15) is 0 Å². The number of nitrogens with two attached hydrogens (primary N) is 1. The SMILES string of the molecule is NC(CCc1cccc([N+](=O)[O-])c1F)c1ccccc1. The van der Waals surface area contributed by atoms with Crippen LogP contribution in [0.4, 0.5) is 10.1 Å². The number of halogens is 1. The molecule has 0 aliphatic carbocycles. The van der Waals surface area contributed by atoms with Crippen LogP contribution in [0.1, 0.15) is 23.6 Å². The van der Waals surface area contributed by atoms with Crippen LogP contribution >= 0.6 is 0 Å². The first-order valence-electron chi connectivity index (χ1n) is 6.32. The standard InChI is InChI=1S/C15H15FN2O2/c16-15-12(7-4-8-14(15)18(19)20)9-10-13(17)11-5-2-1-3-6-11/h1-8,13H,9-10,17H2. The Balaban J connectivity index is 2.08. The highest BCUT2D eigenvalue weighted by molar-refractivity contribution is 5.37. The molecule has 2 aromatic carbocycles. The van der Waals surface area contributed by atoms with Crippen LogP contribution in [0.5, 0.6) is 0 Å². The minimum absolute atomic E-state index is 0.213. The number of nitro benzene ring substituents is 1. The van der Waals surface area contributed by atoms with Crippen LogP contribution in [-0.4, -0.2) is 4.92 Å². The summed E-state index contributed by atoms with van der Waals surface area (Å²) in [6.45, 7) is 0. The van der Waals surface area contributed by atoms with Crippen molar-refractivity contribution in [2.24, 2.45) is 5.73 Å². The van der Waals surface area contributed by atoms with Crippen LogP contribution in [0.3, 0.4) is 0 Å². The lowest BCUT2D eigenvalue weighted by molar-refractivity contribution is -0.387. The summed E-state index contributed by atoms with van der Waals surface area (Å²) in [6.07, 6.45) is 0.895. The molecule has 104 valence electrons. The van der Waals surface area contributed by atoms with Crippen LogP contribution in [0.25, 0.3) is 0 Å². The molecule has 20 heavy (non-hydrogen) atoms. The number of hydrogen-bond donors (Lipinski definition) is 1. The van der Waals surface area contributed by atoms with Gasteiger partial charge in [-0.3, -0.25) is 10.1 Å². The van der Waals surface area contributed by atoms with Crippen molar-refractivity contribution < 1.29 is 9.31 Å². The number of nitro groups is 1. The topological polar surface area (TPSA) is 69.2 Å². The van der Waals surface area contributed by atoms with Crippen LogP contribution in [0.2, 0.25) is 0 Å². The van der Waals surface area contributed by atoms with Gasteiger partial charge in [-0.15, -0.1) is 0 Å². The van der Waals surface area contributed by atoms with Gasteiger partial charge in [-0.05, 0) is 24.0 Å². The van der Waals surface area contributed by atoms with Crippen LogP contribution in [0.15, 0.2) is 48.5 Å². The minimum Gasteiger partial charge on any atom is -0.324 e. The number of nitrogens with zero attached hydrogens (tertiary/aromatic N) is 1. The fourth-order valence-corrected chi connectivity index (χ4v) is 2.08. The van der Waals surface area contributed by atoms with Crippen molar-refractivity contribution in [3.63, 3.8) is 0 Å². The summed E-state index contributed by atoms with van der Waals surface area (Å²) in [5, 5.41) is 10.7. The van der Waals surface area contributed by atoms with Crippen molar-refractivity contribution in [3.05, 3.63) is 75.6 Å². The highest BCUT2D eigenvalue weighted by atomic mass is 19.1. The molecule has 0 amide bonds. The molecule has 2 rings (SSSR count). The summed E-state index contributed by atoms with van der Waals surface area (Å²) in [4.78, 5) is 9.96. The zero-order valence-corrected chi connectivity index (χ0v) is 10.8. The van der Waals surface area contributed by atoms with E-state index in [1.807, 2.05) is 30.3 Å². The van der Waals surface area contributed by atoms with Crippen molar-refractivity contribution in [2.75, 3.05) is 0 Å². The van der Waals surface area contributed by atoms with Gasteiger partial charge < -0.3 is 5.73 Å². The smallest absolute Gasteiger partial charge is 0.305 e. The zero-order valence-electron chi connectivity index (χ0n) is 10.8. The Bertz CT molecular complexity index is 602. The summed E-state index contributed by atoms with van der Waals surface area (Å²) >= 11 is 0. The second-order valence-corrected chi connectivity index (χ2v) is 4.56. The second kappa shape index (κ2) is 6.25. The van der Waals surface area contributed by atoms with Gasteiger partial charge in [0, 0.05) is 12.1 Å². The molecule has 0 spiro atoms. The van der Waals surface area contributed by atoms with Gasteiger partial charge in [-0.1, -0.05) is 42.5 Å². The molecule has 0 fully saturated rings. The van der Waals surface area contributed by atoms with E-state index < -0.39 is 16.4 Å². The van der Waals surface area contributed by atoms with Gasteiger partial charge in [-0.25, -0.2) is 0 Å². The zero-order chi connectivity index (χ0) is 14.5. The first-order valence-corrected chi connectivity index (χ1v) is 6.32. The maximum atomic E-state index is 13.9. The third kappa shape index (κ3) is 3.19. The number of benzene rings is 2. The average Bonchev–Trinajstić information content (AvgIpc) is 2.46. The molecule has 0 radical (unpaired) electrons. The molecular weight excluding hydrogens is 259 g/mol. The van der Waals surface area contributed by atoms with Crippen LogP contribution < -0.4 is 5.73 Å². The summed E-state index contributed by atoms with van der Waals surface area (Å²) in [7, 11) is 0. The monoisotopic (exact) mass is 274 g/mol. The van der Waals surface area contributed by atoms with Crippen molar-refractivity contribution >= 4 is 5.69 Å². The molecule has 5 heteroatoms. The van der Waals surface area contributed by atoms with Crippen molar-refractivity contribution in [1.29, 1.82) is 0 Å². The molecule has 0 bridgehead atoms. The predicted molar refractivity (Wildman–Crippen MR) is 74.7 cm³/mol. The Labute approximate surface area is 116 Å². The minimum atomic E-state index is -0.766. The Morgan fingerprint density at radius 2 is 1.85 bits per heavy atom. The van der Waals surface area contributed by atoms with E-state index in [4.69, 9.17) is 5.73 Å². The molecule has 1 atom stereocenters. The van der Waals surface area contributed by atoms with E-state index in [1.54, 1.807) is 6.07 Å². The quantitative estimate of drug-likeness (QED) is 0.671. The predicted octanol–water partition coefficient (Wildman–Crippen LogP) is 3.37. The summed E-state index contributed by atoms with van der Waals surface area (Å²) in [5.74, 6) is -0.766. The molecule has 0 aliphatic rings. The maximum Gasteiger partial charge on any atom is 0.305 e. The summed E-state index contributed by atoms with van der Waals surface area (Å²) < 4.78 is 13.9. The molecule has 0 aromatic heterocycles. The van der Waals surface area contributed by atoms with Gasteiger partial charge >= 0.3 is 5.69 Å². The van der Waals surface area contributed by atoms with E-state index in [9.17, 15) is 14.5 Å². The second-order valence-electron chi connectivity index (χ2n) is 4.56. The van der Waals surface area contributed by atoms with Gasteiger partial charge in [-0.2, -0.15) is 4.39 Å². The molecule has 0 saturated carbocycles. The van der Waals surface area contributed by atoms with Crippen LogP contribution in [-0.2, 0) is 6.42 Å². The molecule has 2 N–H and O–H groups in total. The molecule has 1 unspecified atom stereocenters. The normalized spacial score (nSPS) is 12.1. The van der Waals surface area contributed by atoms with Gasteiger partial charge in [0.05, 0.1) is 4.92 Å². The van der Waals surface area contributed by atoms with E-state index in [0.29, 0.717) is 18.4 Å². The number of rotatable bonds is 5. The lowest BCUT2D eigenvalue weighted by Crippen LogP contribution is -2.11. The van der Waals surface area contributed by atoms with E-state index in [1.165, 1.54) is 6.07 Å². The van der Waals surface area contributed by atoms with E-state index in [0.717, 1.165) is 11.6 Å². The largest absolute Gasteiger partial charge is 0.324 e. The Morgan fingerprint density at radius 1 is 1.15 bits per heavy atom. The molecule has 4 nitrogen and oxygen atoms in total. The Morgan fingerprint density at radius 3 is 2.50 bits per heavy atom. The lowest BCUT2D eigenvalue weighted by atomic mass is 9.99. The third-order valence-corrected chi connectivity index (χ3v) is 3.21. The summed E-state index contributed by atoms with van der Waals surface area (Å²) in [6, 6.07) is 13.5. The Kier molecular flexibility index (Phi) is 4.42.